The molecule has 0 fully saturated rings. The minimum absolute atomic E-state index is 0.163. The fourth-order valence-electron chi connectivity index (χ4n) is 2.88. The van der Waals surface area contributed by atoms with Gasteiger partial charge in [0.2, 0.25) is 0 Å². The van der Waals surface area contributed by atoms with Gasteiger partial charge in [-0.1, -0.05) is 12.1 Å². The minimum Gasteiger partial charge on any atom is -0.506 e. The number of phenolic OH excluding ortho intramolecular Hbond substituents is 1. The topological polar surface area (TPSA) is 58.7 Å². The number of para-hydroxylation sites is 2. The van der Waals surface area contributed by atoms with E-state index in [0.717, 1.165) is 5.56 Å². The Kier molecular flexibility index (Phi) is 3.43. The van der Waals surface area contributed by atoms with Crippen LogP contribution in [0.25, 0.3) is 0 Å². The number of nitrogens with two attached hydrogens (primary N) is 1. The van der Waals surface area contributed by atoms with E-state index in [9.17, 15) is 9.50 Å². The van der Waals surface area contributed by atoms with Crippen LogP contribution in [0, 0.1) is 5.82 Å². The fraction of sp³-hybridized carbons (Fsp3) is 0.250. The average Bonchev–Trinajstić information content (AvgIpc) is 2.86. The Morgan fingerprint density at radius 2 is 2.14 bits per heavy atom. The highest BCUT2D eigenvalue weighted by molar-refractivity contribution is 5.63. The number of rotatable bonds is 3. The number of hydrogen-bond acceptors (Lipinski definition) is 4. The van der Waals surface area contributed by atoms with E-state index in [1.54, 1.807) is 18.2 Å². The van der Waals surface area contributed by atoms with E-state index in [1.165, 1.54) is 13.2 Å². The first-order valence-electron chi connectivity index (χ1n) is 6.76. The standard InChI is InChI=1S/C16H17FN2O2/c1-21-10-6-11-12(13(17)7-10)9-19(15(11)8-18)14-4-2-3-5-16(14)20/h2-7,15,20H,8-9,18H2,1H3. The molecule has 2 aromatic carbocycles. The van der Waals surface area contributed by atoms with Crippen LogP contribution in [0.1, 0.15) is 17.2 Å². The second-order valence-electron chi connectivity index (χ2n) is 5.05. The summed E-state index contributed by atoms with van der Waals surface area (Å²) in [5.41, 5.74) is 7.96. The molecule has 1 aliphatic rings. The van der Waals surface area contributed by atoms with Crippen molar-refractivity contribution in [2.24, 2.45) is 5.73 Å². The van der Waals surface area contributed by atoms with Gasteiger partial charge in [-0.15, -0.1) is 0 Å². The molecule has 5 heteroatoms. The van der Waals surface area contributed by atoms with Crippen LogP contribution in [-0.4, -0.2) is 18.8 Å². The number of nitrogens with zero attached hydrogens (tertiary/aromatic N) is 1. The number of halogens is 1. The van der Waals surface area contributed by atoms with Gasteiger partial charge in [0.05, 0.1) is 18.8 Å². The van der Waals surface area contributed by atoms with Crippen molar-refractivity contribution < 1.29 is 14.2 Å². The van der Waals surface area contributed by atoms with Crippen molar-refractivity contribution in [3.8, 4) is 11.5 Å². The van der Waals surface area contributed by atoms with E-state index in [4.69, 9.17) is 10.5 Å². The minimum atomic E-state index is -0.305. The third-order valence-electron chi connectivity index (χ3n) is 3.92. The van der Waals surface area contributed by atoms with Gasteiger partial charge in [-0.25, -0.2) is 4.39 Å². The molecule has 4 nitrogen and oxygen atoms in total. The lowest BCUT2D eigenvalue weighted by atomic mass is 10.0. The lowest BCUT2D eigenvalue weighted by molar-refractivity contribution is 0.410. The van der Waals surface area contributed by atoms with Crippen LogP contribution < -0.4 is 15.4 Å². The second kappa shape index (κ2) is 5.26. The monoisotopic (exact) mass is 288 g/mol. The predicted molar refractivity (Wildman–Crippen MR) is 79.0 cm³/mol. The van der Waals surface area contributed by atoms with Crippen LogP contribution in [0.3, 0.4) is 0 Å². The van der Waals surface area contributed by atoms with Crippen molar-refractivity contribution in [1.29, 1.82) is 0 Å². The summed E-state index contributed by atoms with van der Waals surface area (Å²) in [6.07, 6.45) is 0. The summed E-state index contributed by atoms with van der Waals surface area (Å²) >= 11 is 0. The molecule has 0 saturated heterocycles. The van der Waals surface area contributed by atoms with Crippen LogP contribution in [-0.2, 0) is 6.54 Å². The Morgan fingerprint density at radius 3 is 2.81 bits per heavy atom. The van der Waals surface area contributed by atoms with Crippen LogP contribution >= 0.6 is 0 Å². The Morgan fingerprint density at radius 1 is 1.38 bits per heavy atom. The van der Waals surface area contributed by atoms with Crippen LogP contribution in [0.15, 0.2) is 36.4 Å². The highest BCUT2D eigenvalue weighted by Gasteiger charge is 2.33. The highest BCUT2D eigenvalue weighted by Crippen LogP contribution is 2.42. The summed E-state index contributed by atoms with van der Waals surface area (Å²) in [6, 6.07) is 10.0. The number of aromatic hydroxyl groups is 1. The molecule has 0 aromatic heterocycles. The van der Waals surface area contributed by atoms with Gasteiger partial charge in [-0.05, 0) is 23.8 Å². The first kappa shape index (κ1) is 13.7. The predicted octanol–water partition coefficient (Wildman–Crippen LogP) is 2.56. The van der Waals surface area contributed by atoms with Gasteiger partial charge in [0, 0.05) is 24.7 Å². The van der Waals surface area contributed by atoms with Gasteiger partial charge in [0.25, 0.3) is 0 Å². The molecule has 3 rings (SSSR count). The zero-order valence-corrected chi connectivity index (χ0v) is 11.7. The van der Waals surface area contributed by atoms with Gasteiger partial charge in [0.1, 0.15) is 17.3 Å². The molecular weight excluding hydrogens is 271 g/mol. The Hall–Kier alpha value is -2.27. The van der Waals surface area contributed by atoms with Gasteiger partial charge < -0.3 is 20.5 Å². The maximum atomic E-state index is 14.2. The summed E-state index contributed by atoms with van der Waals surface area (Å²) in [5.74, 6) is 0.334. The number of ether oxygens (including phenoxy) is 1. The first-order valence-corrected chi connectivity index (χ1v) is 6.76. The molecular formula is C16H17FN2O2. The summed E-state index contributed by atoms with van der Waals surface area (Å²) in [5, 5.41) is 10.0. The van der Waals surface area contributed by atoms with Crippen molar-refractivity contribution in [1.82, 2.24) is 0 Å². The molecule has 110 valence electrons. The van der Waals surface area contributed by atoms with E-state index >= 15 is 0 Å². The molecule has 2 aromatic rings. The Labute approximate surface area is 122 Å². The van der Waals surface area contributed by atoms with Crippen molar-refractivity contribution in [3.63, 3.8) is 0 Å². The molecule has 0 amide bonds. The molecule has 1 heterocycles. The number of anilines is 1. The lowest BCUT2D eigenvalue weighted by Crippen LogP contribution is -2.27. The summed E-state index contributed by atoms with van der Waals surface area (Å²) in [6.45, 7) is 0.707. The molecule has 1 atom stereocenters. The SMILES string of the molecule is COc1cc(F)c2c(c1)C(CN)N(c1ccccc1O)C2. The summed E-state index contributed by atoms with van der Waals surface area (Å²) < 4.78 is 19.4. The van der Waals surface area contributed by atoms with Gasteiger partial charge in [0.15, 0.2) is 0 Å². The van der Waals surface area contributed by atoms with Gasteiger partial charge in [-0.3, -0.25) is 0 Å². The Bertz CT molecular complexity index is 675. The molecule has 0 spiro atoms. The smallest absolute Gasteiger partial charge is 0.138 e. The summed E-state index contributed by atoms with van der Waals surface area (Å²) in [4.78, 5) is 1.92. The summed E-state index contributed by atoms with van der Waals surface area (Å²) in [7, 11) is 1.51. The Balaban J connectivity index is 2.08. The van der Waals surface area contributed by atoms with E-state index < -0.39 is 0 Å². The largest absolute Gasteiger partial charge is 0.506 e. The lowest BCUT2D eigenvalue weighted by Gasteiger charge is -2.26. The molecule has 0 saturated carbocycles. The van der Waals surface area contributed by atoms with E-state index in [2.05, 4.69) is 0 Å². The van der Waals surface area contributed by atoms with Crippen molar-refractivity contribution in [3.05, 3.63) is 53.3 Å². The fourth-order valence-corrected chi connectivity index (χ4v) is 2.88. The average molecular weight is 288 g/mol. The molecule has 1 unspecified atom stereocenters. The zero-order valence-electron chi connectivity index (χ0n) is 11.7. The number of methoxy groups -OCH3 is 1. The van der Waals surface area contributed by atoms with E-state index in [1.807, 2.05) is 17.0 Å². The van der Waals surface area contributed by atoms with E-state index in [-0.39, 0.29) is 17.6 Å². The molecule has 0 aliphatic carbocycles. The third kappa shape index (κ3) is 2.19. The van der Waals surface area contributed by atoms with Crippen molar-refractivity contribution >= 4 is 5.69 Å². The van der Waals surface area contributed by atoms with Crippen LogP contribution in [0.4, 0.5) is 10.1 Å². The normalized spacial score (nSPS) is 16.9. The number of fused-ring (bicyclic) bond motifs is 1. The van der Waals surface area contributed by atoms with Crippen LogP contribution in [0.2, 0.25) is 0 Å². The van der Waals surface area contributed by atoms with E-state index in [0.29, 0.717) is 30.1 Å². The molecule has 0 bridgehead atoms. The van der Waals surface area contributed by atoms with Crippen molar-refractivity contribution in [2.45, 2.75) is 12.6 Å². The van der Waals surface area contributed by atoms with Gasteiger partial charge in [-0.2, -0.15) is 0 Å². The van der Waals surface area contributed by atoms with Gasteiger partial charge >= 0.3 is 0 Å². The molecule has 3 N–H and O–H groups in total. The third-order valence-corrected chi connectivity index (χ3v) is 3.92. The molecule has 1 aliphatic heterocycles. The van der Waals surface area contributed by atoms with Crippen molar-refractivity contribution in [2.75, 3.05) is 18.6 Å². The number of phenols is 1. The molecule has 21 heavy (non-hydrogen) atoms. The highest BCUT2D eigenvalue weighted by atomic mass is 19.1. The maximum Gasteiger partial charge on any atom is 0.138 e. The van der Waals surface area contributed by atoms with Crippen LogP contribution in [0.5, 0.6) is 11.5 Å². The second-order valence-corrected chi connectivity index (χ2v) is 5.05. The quantitative estimate of drug-likeness (QED) is 0.911. The number of hydrogen-bond donors (Lipinski definition) is 2. The number of benzene rings is 2. The molecule has 0 radical (unpaired) electrons. The first-order chi connectivity index (χ1) is 10.2. The maximum absolute atomic E-state index is 14.2. The zero-order chi connectivity index (χ0) is 15.0.